The summed E-state index contributed by atoms with van der Waals surface area (Å²) in [6, 6.07) is 7.82. The van der Waals surface area contributed by atoms with E-state index in [0.717, 1.165) is 15.0 Å². The van der Waals surface area contributed by atoms with Crippen molar-refractivity contribution in [3.05, 3.63) is 45.6 Å². The summed E-state index contributed by atoms with van der Waals surface area (Å²) in [5, 5.41) is 5.66. The zero-order valence-corrected chi connectivity index (χ0v) is 14.0. The standard InChI is InChI=1S/C15H14ClNO3S2/c16-15-11-3-1-2-4-12(11)21-13(15)8-17-14(18)7-10-5-6-22(19,20)9-10/h1-6,10H,7-9H2,(H,17,18)/t10-/m1/s1. The maximum absolute atomic E-state index is 11.9. The van der Waals surface area contributed by atoms with Crippen LogP contribution in [0.2, 0.25) is 5.02 Å². The van der Waals surface area contributed by atoms with Gasteiger partial charge >= 0.3 is 0 Å². The third-order valence-electron chi connectivity index (χ3n) is 3.50. The highest BCUT2D eigenvalue weighted by Crippen LogP contribution is 2.35. The van der Waals surface area contributed by atoms with Crippen LogP contribution in [0, 0.1) is 5.92 Å². The Morgan fingerprint density at radius 1 is 1.36 bits per heavy atom. The Morgan fingerprint density at radius 2 is 2.14 bits per heavy atom. The first-order chi connectivity index (χ1) is 10.4. The summed E-state index contributed by atoms with van der Waals surface area (Å²) in [5.41, 5.74) is 0. The highest BCUT2D eigenvalue weighted by atomic mass is 35.5. The lowest BCUT2D eigenvalue weighted by Crippen LogP contribution is -2.25. The molecule has 2 heterocycles. The molecule has 0 fully saturated rings. The summed E-state index contributed by atoms with van der Waals surface area (Å²) in [5.74, 6) is -0.382. The number of carbonyl (C=O) groups is 1. The molecule has 4 nitrogen and oxygen atoms in total. The lowest BCUT2D eigenvalue weighted by molar-refractivity contribution is -0.121. The number of carbonyl (C=O) groups excluding carboxylic acids is 1. The summed E-state index contributed by atoms with van der Waals surface area (Å²) in [6.07, 6.45) is 1.76. The first-order valence-corrected chi connectivity index (χ1v) is 9.69. The molecule has 22 heavy (non-hydrogen) atoms. The van der Waals surface area contributed by atoms with Gasteiger partial charge in [0, 0.05) is 32.7 Å². The molecule has 3 rings (SSSR count). The topological polar surface area (TPSA) is 63.2 Å². The van der Waals surface area contributed by atoms with Gasteiger partial charge in [0.15, 0.2) is 9.84 Å². The van der Waals surface area contributed by atoms with E-state index in [-0.39, 0.29) is 24.0 Å². The molecule has 0 saturated carbocycles. The molecule has 116 valence electrons. The Labute approximate surface area is 137 Å². The fourth-order valence-corrected chi connectivity index (χ4v) is 5.27. The average molecular weight is 356 g/mol. The van der Waals surface area contributed by atoms with Gasteiger partial charge in [-0.25, -0.2) is 8.42 Å². The highest BCUT2D eigenvalue weighted by molar-refractivity contribution is 7.94. The average Bonchev–Trinajstić information content (AvgIpc) is 2.97. The molecule has 0 radical (unpaired) electrons. The minimum absolute atomic E-state index is 0.0179. The van der Waals surface area contributed by atoms with Crippen molar-refractivity contribution in [1.82, 2.24) is 5.32 Å². The Balaban J connectivity index is 1.61. The number of nitrogens with one attached hydrogen (secondary N) is 1. The van der Waals surface area contributed by atoms with Gasteiger partial charge in [-0.1, -0.05) is 35.9 Å². The van der Waals surface area contributed by atoms with Crippen molar-refractivity contribution in [2.75, 3.05) is 5.75 Å². The quantitative estimate of drug-likeness (QED) is 0.916. The Bertz CT molecular complexity index is 855. The molecular formula is C15H14ClNO3S2. The maximum Gasteiger partial charge on any atom is 0.220 e. The summed E-state index contributed by atoms with van der Waals surface area (Å²) in [7, 11) is -3.11. The Morgan fingerprint density at radius 3 is 2.82 bits per heavy atom. The predicted molar refractivity (Wildman–Crippen MR) is 89.7 cm³/mol. The molecule has 0 spiro atoms. The zero-order chi connectivity index (χ0) is 15.7. The van der Waals surface area contributed by atoms with Crippen LogP contribution in [-0.2, 0) is 21.2 Å². The number of sulfone groups is 1. The maximum atomic E-state index is 11.9. The zero-order valence-electron chi connectivity index (χ0n) is 11.6. The normalized spacial score (nSPS) is 19.6. The van der Waals surface area contributed by atoms with Crippen LogP contribution in [0.4, 0.5) is 0 Å². The van der Waals surface area contributed by atoms with Gasteiger partial charge in [-0.3, -0.25) is 4.79 Å². The smallest absolute Gasteiger partial charge is 0.220 e. The Hall–Kier alpha value is -1.37. The van der Waals surface area contributed by atoms with Crippen LogP contribution in [0.5, 0.6) is 0 Å². The fraction of sp³-hybridized carbons (Fsp3) is 0.267. The molecular weight excluding hydrogens is 342 g/mol. The second-order valence-electron chi connectivity index (χ2n) is 5.23. The van der Waals surface area contributed by atoms with E-state index in [2.05, 4.69) is 5.32 Å². The van der Waals surface area contributed by atoms with Gasteiger partial charge in [0.2, 0.25) is 5.91 Å². The molecule has 0 bridgehead atoms. The largest absolute Gasteiger partial charge is 0.351 e. The minimum Gasteiger partial charge on any atom is -0.351 e. The number of benzene rings is 1. The van der Waals surface area contributed by atoms with E-state index in [9.17, 15) is 13.2 Å². The van der Waals surface area contributed by atoms with Crippen LogP contribution in [0.15, 0.2) is 35.7 Å². The van der Waals surface area contributed by atoms with Crippen LogP contribution in [0.3, 0.4) is 0 Å². The molecule has 1 atom stereocenters. The van der Waals surface area contributed by atoms with E-state index >= 15 is 0 Å². The first-order valence-electron chi connectivity index (χ1n) is 6.78. The van der Waals surface area contributed by atoms with Crippen LogP contribution < -0.4 is 5.32 Å². The van der Waals surface area contributed by atoms with E-state index in [1.54, 1.807) is 17.4 Å². The number of hydrogen-bond acceptors (Lipinski definition) is 4. The van der Waals surface area contributed by atoms with Gasteiger partial charge in [-0.2, -0.15) is 0 Å². The number of halogens is 1. The van der Waals surface area contributed by atoms with Crippen molar-refractivity contribution in [2.24, 2.45) is 5.92 Å². The van der Waals surface area contributed by atoms with Gasteiger partial charge in [-0.15, -0.1) is 11.3 Å². The molecule has 1 aliphatic rings. The van der Waals surface area contributed by atoms with Gasteiger partial charge in [-0.05, 0) is 6.07 Å². The monoisotopic (exact) mass is 355 g/mol. The van der Waals surface area contributed by atoms with Crippen molar-refractivity contribution in [3.8, 4) is 0 Å². The number of hydrogen-bond donors (Lipinski definition) is 1. The van der Waals surface area contributed by atoms with E-state index in [1.165, 1.54) is 5.41 Å². The van der Waals surface area contributed by atoms with Crippen molar-refractivity contribution in [3.63, 3.8) is 0 Å². The number of amides is 1. The van der Waals surface area contributed by atoms with Crippen LogP contribution in [0.1, 0.15) is 11.3 Å². The number of fused-ring (bicyclic) bond motifs is 1. The lowest BCUT2D eigenvalue weighted by Gasteiger charge is -2.07. The summed E-state index contributed by atoms with van der Waals surface area (Å²) < 4.78 is 23.7. The van der Waals surface area contributed by atoms with E-state index in [0.29, 0.717) is 11.6 Å². The Kier molecular flexibility index (Phi) is 4.25. The molecule has 1 aliphatic heterocycles. The number of allylic oxidation sites excluding steroid dienone is 1. The van der Waals surface area contributed by atoms with Crippen LogP contribution in [0.25, 0.3) is 10.1 Å². The second kappa shape index (κ2) is 6.02. The predicted octanol–water partition coefficient (Wildman–Crippen LogP) is 3.12. The second-order valence-corrected chi connectivity index (χ2v) is 8.68. The third kappa shape index (κ3) is 3.34. The van der Waals surface area contributed by atoms with Gasteiger partial charge in [0.1, 0.15) is 0 Å². The van der Waals surface area contributed by atoms with Crippen molar-refractivity contribution in [1.29, 1.82) is 0 Å². The fourth-order valence-electron chi connectivity index (χ4n) is 2.43. The van der Waals surface area contributed by atoms with E-state index < -0.39 is 9.84 Å². The van der Waals surface area contributed by atoms with Gasteiger partial charge in [0.05, 0.1) is 17.3 Å². The van der Waals surface area contributed by atoms with E-state index in [1.807, 2.05) is 24.3 Å². The lowest BCUT2D eigenvalue weighted by atomic mass is 10.1. The van der Waals surface area contributed by atoms with Gasteiger partial charge < -0.3 is 5.32 Å². The number of rotatable bonds is 4. The molecule has 1 aromatic carbocycles. The molecule has 0 saturated heterocycles. The van der Waals surface area contributed by atoms with Crippen LogP contribution >= 0.6 is 22.9 Å². The molecule has 0 unspecified atom stereocenters. The van der Waals surface area contributed by atoms with Gasteiger partial charge in [0.25, 0.3) is 0 Å². The molecule has 7 heteroatoms. The molecule has 1 N–H and O–H groups in total. The van der Waals surface area contributed by atoms with Crippen molar-refractivity contribution < 1.29 is 13.2 Å². The first kappa shape index (κ1) is 15.5. The summed E-state index contributed by atoms with van der Waals surface area (Å²) >= 11 is 7.87. The van der Waals surface area contributed by atoms with Crippen molar-refractivity contribution in [2.45, 2.75) is 13.0 Å². The van der Waals surface area contributed by atoms with Crippen LogP contribution in [-0.4, -0.2) is 20.1 Å². The summed E-state index contributed by atoms with van der Waals surface area (Å²) in [6.45, 7) is 0.361. The molecule has 1 amide bonds. The molecule has 0 aliphatic carbocycles. The number of thiophene rings is 1. The summed E-state index contributed by atoms with van der Waals surface area (Å²) in [4.78, 5) is 12.8. The molecule has 2 aromatic rings. The SMILES string of the molecule is O=C(C[C@H]1C=CS(=O)(=O)C1)NCc1sc2ccccc2c1Cl. The highest BCUT2D eigenvalue weighted by Gasteiger charge is 2.23. The molecule has 1 aromatic heterocycles. The minimum atomic E-state index is -3.11. The van der Waals surface area contributed by atoms with Crippen molar-refractivity contribution >= 4 is 48.8 Å². The third-order valence-corrected chi connectivity index (χ3v) is 6.68. The van der Waals surface area contributed by atoms with E-state index in [4.69, 9.17) is 11.6 Å².